The van der Waals surface area contributed by atoms with E-state index < -0.39 is 17.5 Å². The average molecular weight is 682 g/mol. The van der Waals surface area contributed by atoms with Crippen LogP contribution >= 0.6 is 0 Å². The van der Waals surface area contributed by atoms with Gasteiger partial charge >= 0.3 is 12.2 Å². The SMILES string of the molecule is CC(C)(C)OC(=O)N1CCc2c(n(Cc3ccc(C#N)cc3F)c3ncccc23)C1.CCCC1(C)C=Cc2c([nH]c3c2CCN(C(=O)O)C3)N1. The third-order valence-corrected chi connectivity index (χ3v) is 9.46. The Morgan fingerprint density at radius 2 is 1.90 bits per heavy atom. The number of H-pyrrole nitrogens is 1. The largest absolute Gasteiger partial charge is 0.465 e. The first-order valence-electron chi connectivity index (χ1n) is 17.1. The van der Waals surface area contributed by atoms with Crippen molar-refractivity contribution >= 4 is 35.1 Å². The lowest BCUT2D eigenvalue weighted by molar-refractivity contribution is 0.0219. The van der Waals surface area contributed by atoms with Crippen molar-refractivity contribution < 1.29 is 23.8 Å². The minimum absolute atomic E-state index is 0.0122. The minimum Gasteiger partial charge on any atom is -0.465 e. The molecule has 4 aromatic rings. The molecule has 2 amide bonds. The van der Waals surface area contributed by atoms with E-state index >= 15 is 0 Å². The number of aromatic nitrogens is 3. The summed E-state index contributed by atoms with van der Waals surface area (Å²) in [6.45, 7) is 12.1. The topological polar surface area (TPSA) is 140 Å². The second-order valence-electron chi connectivity index (χ2n) is 14.4. The highest BCUT2D eigenvalue weighted by Gasteiger charge is 2.32. The van der Waals surface area contributed by atoms with Gasteiger partial charge in [-0.15, -0.1) is 0 Å². The van der Waals surface area contributed by atoms with Gasteiger partial charge in [-0.25, -0.2) is 19.0 Å². The Labute approximate surface area is 291 Å². The average Bonchev–Trinajstić information content (AvgIpc) is 3.58. The highest BCUT2D eigenvalue weighted by atomic mass is 19.1. The highest BCUT2D eigenvalue weighted by molar-refractivity contribution is 5.83. The number of pyridine rings is 1. The maximum absolute atomic E-state index is 14.6. The van der Waals surface area contributed by atoms with Crippen LogP contribution in [0, 0.1) is 17.1 Å². The number of halogens is 1. The Balaban J connectivity index is 0.000000187. The molecule has 0 aliphatic carbocycles. The van der Waals surface area contributed by atoms with E-state index in [9.17, 15) is 14.0 Å². The van der Waals surface area contributed by atoms with Gasteiger partial charge in [-0.05, 0) is 82.3 Å². The van der Waals surface area contributed by atoms with Crippen LogP contribution in [0.15, 0.2) is 42.6 Å². The van der Waals surface area contributed by atoms with Gasteiger partial charge in [-0.2, -0.15) is 5.26 Å². The standard InChI is InChI=1S/C23H23FN4O2.C15H21N3O2/c1-23(2,3)30-22(29)27-10-8-17-18-5-4-9-26-21(18)28(20(17)14-27)13-16-7-6-15(12-25)11-19(16)24;1-3-6-15(2)7-4-11-10-5-8-18(14(19)20)9-12(10)16-13(11)17-15/h4-7,9,11H,8,10,13-14H2,1-3H3;4,7,16-17H,3,5-6,8-9H2,1-2H3,(H,19,20). The van der Waals surface area contributed by atoms with Crippen molar-refractivity contribution in [3.8, 4) is 6.07 Å². The van der Waals surface area contributed by atoms with Crippen molar-refractivity contribution in [3.05, 3.63) is 87.6 Å². The summed E-state index contributed by atoms with van der Waals surface area (Å²) in [6, 6.07) is 10.3. The molecule has 1 unspecified atom stereocenters. The summed E-state index contributed by atoms with van der Waals surface area (Å²) in [5, 5.41) is 22.7. The second-order valence-corrected chi connectivity index (χ2v) is 14.4. The lowest BCUT2D eigenvalue weighted by atomic mass is 9.90. The van der Waals surface area contributed by atoms with Crippen molar-refractivity contribution in [2.24, 2.45) is 0 Å². The van der Waals surface area contributed by atoms with Crippen LogP contribution in [0.5, 0.6) is 0 Å². The molecule has 262 valence electrons. The number of nitrogens with zero attached hydrogens (tertiary/aromatic N) is 5. The molecule has 0 radical (unpaired) electrons. The molecular weight excluding hydrogens is 637 g/mol. The van der Waals surface area contributed by atoms with Crippen LogP contribution in [0.1, 0.15) is 86.7 Å². The number of hydrogen-bond donors (Lipinski definition) is 3. The van der Waals surface area contributed by atoms with Crippen LogP contribution in [0.25, 0.3) is 17.1 Å². The highest BCUT2D eigenvalue weighted by Crippen LogP contribution is 2.36. The molecule has 3 aromatic heterocycles. The molecule has 0 saturated carbocycles. The molecule has 1 atom stereocenters. The van der Waals surface area contributed by atoms with E-state index in [0.29, 0.717) is 38.2 Å². The molecule has 11 nitrogen and oxygen atoms in total. The first-order valence-corrected chi connectivity index (χ1v) is 17.1. The predicted octanol–water partition coefficient (Wildman–Crippen LogP) is 7.44. The first-order chi connectivity index (χ1) is 23.8. The fraction of sp³-hybridized carbons (Fsp3) is 0.421. The zero-order valence-electron chi connectivity index (χ0n) is 29.3. The molecule has 0 fully saturated rings. The molecule has 6 heterocycles. The maximum atomic E-state index is 14.6. The first kappa shape index (κ1) is 34.5. The number of nitrogens with one attached hydrogen (secondary N) is 2. The smallest absolute Gasteiger partial charge is 0.410 e. The van der Waals surface area contributed by atoms with Gasteiger partial charge in [0.15, 0.2) is 0 Å². The molecule has 50 heavy (non-hydrogen) atoms. The number of nitriles is 1. The monoisotopic (exact) mass is 681 g/mol. The van der Waals surface area contributed by atoms with Gasteiger partial charge in [-0.1, -0.05) is 31.6 Å². The molecule has 3 aliphatic heterocycles. The van der Waals surface area contributed by atoms with E-state index in [4.69, 9.17) is 15.1 Å². The number of carbonyl (C=O) groups is 2. The summed E-state index contributed by atoms with van der Waals surface area (Å²) in [6.07, 6.45) is 8.59. The molecule has 12 heteroatoms. The van der Waals surface area contributed by atoms with Gasteiger partial charge in [0.25, 0.3) is 0 Å². The lowest BCUT2D eigenvalue weighted by Gasteiger charge is -2.31. The fourth-order valence-corrected chi connectivity index (χ4v) is 7.08. The molecular formula is C38H44FN7O4. The van der Waals surface area contributed by atoms with Crippen LogP contribution in [-0.4, -0.2) is 65.9 Å². The fourth-order valence-electron chi connectivity index (χ4n) is 7.08. The maximum Gasteiger partial charge on any atom is 0.410 e. The molecule has 1 aromatic carbocycles. The number of benzene rings is 1. The number of hydrogen-bond acceptors (Lipinski definition) is 6. The second kappa shape index (κ2) is 13.5. The van der Waals surface area contributed by atoms with Crippen molar-refractivity contribution in [1.82, 2.24) is 24.3 Å². The molecule has 3 aliphatic rings. The number of carboxylic acid groups (broad SMARTS) is 1. The van der Waals surface area contributed by atoms with Gasteiger partial charge in [0, 0.05) is 47.2 Å². The predicted molar refractivity (Wildman–Crippen MR) is 189 cm³/mol. The third kappa shape index (κ3) is 7.04. The minimum atomic E-state index is -0.845. The number of rotatable bonds is 4. The van der Waals surface area contributed by atoms with Gasteiger partial charge in [0.2, 0.25) is 0 Å². The number of anilines is 1. The van der Waals surface area contributed by atoms with Crippen LogP contribution < -0.4 is 5.32 Å². The Bertz CT molecular complexity index is 2020. The summed E-state index contributed by atoms with van der Waals surface area (Å²) >= 11 is 0. The number of aromatic amines is 1. The summed E-state index contributed by atoms with van der Waals surface area (Å²) in [7, 11) is 0. The van der Waals surface area contributed by atoms with E-state index in [2.05, 4.69) is 41.3 Å². The number of ether oxygens (including phenoxy) is 1. The lowest BCUT2D eigenvalue weighted by Crippen LogP contribution is -2.40. The Hall–Kier alpha value is -5.31. The zero-order valence-corrected chi connectivity index (χ0v) is 29.3. The van der Waals surface area contributed by atoms with Crippen molar-refractivity contribution in [3.63, 3.8) is 0 Å². The van der Waals surface area contributed by atoms with Crippen molar-refractivity contribution in [2.75, 3.05) is 18.4 Å². The van der Waals surface area contributed by atoms with E-state index in [0.717, 1.165) is 53.1 Å². The zero-order chi connectivity index (χ0) is 35.8. The third-order valence-electron chi connectivity index (χ3n) is 9.46. The molecule has 7 rings (SSSR count). The summed E-state index contributed by atoms with van der Waals surface area (Å²) in [4.78, 5) is 34.7. The van der Waals surface area contributed by atoms with Crippen LogP contribution in [0.4, 0.5) is 19.8 Å². The van der Waals surface area contributed by atoms with E-state index in [-0.39, 0.29) is 23.7 Å². The number of amides is 2. The van der Waals surface area contributed by atoms with Crippen LogP contribution in [-0.2, 0) is 37.2 Å². The van der Waals surface area contributed by atoms with E-state index in [1.807, 2.05) is 43.5 Å². The van der Waals surface area contributed by atoms with Gasteiger partial charge in [0.1, 0.15) is 22.9 Å². The Morgan fingerprint density at radius 1 is 1.14 bits per heavy atom. The van der Waals surface area contributed by atoms with E-state index in [1.165, 1.54) is 22.1 Å². The molecule has 3 N–H and O–H groups in total. The van der Waals surface area contributed by atoms with Crippen LogP contribution in [0.2, 0.25) is 0 Å². The quantitative estimate of drug-likeness (QED) is 0.204. The molecule has 0 bridgehead atoms. The number of fused-ring (bicyclic) bond motifs is 6. The molecule has 0 saturated heterocycles. The van der Waals surface area contributed by atoms with Crippen molar-refractivity contribution in [1.29, 1.82) is 5.26 Å². The Morgan fingerprint density at radius 3 is 2.60 bits per heavy atom. The van der Waals surface area contributed by atoms with E-state index in [1.54, 1.807) is 23.2 Å². The van der Waals surface area contributed by atoms with Crippen molar-refractivity contribution in [2.45, 2.75) is 91.1 Å². The summed E-state index contributed by atoms with van der Waals surface area (Å²) in [5.74, 6) is 0.612. The summed E-state index contributed by atoms with van der Waals surface area (Å²) < 4.78 is 22.1. The molecule has 0 spiro atoms. The van der Waals surface area contributed by atoms with Gasteiger partial charge < -0.3 is 34.5 Å². The van der Waals surface area contributed by atoms with Gasteiger partial charge in [0.05, 0.1) is 36.8 Å². The Kier molecular flexibility index (Phi) is 9.35. The summed E-state index contributed by atoms with van der Waals surface area (Å²) in [5.41, 5.74) is 6.49. The normalized spacial score (nSPS) is 17.9. The number of carbonyl (C=O) groups excluding carboxylic acids is 1. The van der Waals surface area contributed by atoms with Gasteiger partial charge in [-0.3, -0.25) is 0 Å². The van der Waals surface area contributed by atoms with Crippen LogP contribution in [0.3, 0.4) is 0 Å².